The van der Waals surface area contributed by atoms with Gasteiger partial charge in [0.2, 0.25) is 5.91 Å². The number of hydrogen-bond acceptors (Lipinski definition) is 5. The van der Waals surface area contributed by atoms with E-state index in [1.165, 1.54) is 12.4 Å². The first-order valence-corrected chi connectivity index (χ1v) is 5.26. The monoisotopic (exact) mass is 239 g/mol. The largest absolute Gasteiger partial charge is 0.393 e. The van der Waals surface area contributed by atoms with Crippen molar-refractivity contribution in [1.29, 1.82) is 0 Å². The fourth-order valence-electron chi connectivity index (χ4n) is 1.26. The predicted octanol–water partition coefficient (Wildman–Crippen LogP) is -0.444. The fraction of sp³-hybridized carbons (Fsp3) is 0.545. The van der Waals surface area contributed by atoms with Gasteiger partial charge in [-0.2, -0.15) is 0 Å². The fourth-order valence-corrected chi connectivity index (χ4v) is 1.26. The van der Waals surface area contributed by atoms with Crippen molar-refractivity contribution in [2.75, 3.05) is 6.61 Å². The van der Waals surface area contributed by atoms with E-state index in [0.717, 1.165) is 0 Å². The molecule has 0 bridgehead atoms. The minimum absolute atomic E-state index is 0.299. The number of hydrogen-bond donors (Lipinski definition) is 3. The molecule has 1 aromatic heterocycles. The molecule has 1 heterocycles. The minimum atomic E-state index is -1.03. The first-order chi connectivity index (χ1) is 7.86. The van der Waals surface area contributed by atoms with Crippen LogP contribution in [0.5, 0.6) is 0 Å². The van der Waals surface area contributed by atoms with E-state index in [0.29, 0.717) is 17.8 Å². The lowest BCUT2D eigenvalue weighted by atomic mass is 9.87. The normalized spacial score (nSPS) is 13.4. The molecular formula is C11H17N3O3. The molecular weight excluding hydrogens is 222 g/mol. The highest BCUT2D eigenvalue weighted by Crippen LogP contribution is 2.20. The zero-order valence-electron chi connectivity index (χ0n) is 9.92. The zero-order valence-corrected chi connectivity index (χ0v) is 9.92. The van der Waals surface area contributed by atoms with Crippen molar-refractivity contribution >= 4 is 5.91 Å². The second kappa shape index (κ2) is 5.20. The summed E-state index contributed by atoms with van der Waals surface area (Å²) in [6.45, 7) is 3.06. The number of carbonyl (C=O) groups excluding carboxylic acids is 1. The van der Waals surface area contributed by atoms with Gasteiger partial charge in [-0.05, 0) is 0 Å². The van der Waals surface area contributed by atoms with Crippen molar-refractivity contribution in [3.63, 3.8) is 0 Å². The van der Waals surface area contributed by atoms with E-state index in [1.807, 2.05) is 0 Å². The van der Waals surface area contributed by atoms with E-state index in [4.69, 9.17) is 10.8 Å². The highest BCUT2D eigenvalue weighted by atomic mass is 16.3. The second-order valence-corrected chi connectivity index (χ2v) is 4.56. The van der Waals surface area contributed by atoms with Crippen LogP contribution in [0.2, 0.25) is 0 Å². The summed E-state index contributed by atoms with van der Waals surface area (Å²) in [6.07, 6.45) is 2.21. The highest BCUT2D eigenvalue weighted by Gasteiger charge is 2.26. The van der Waals surface area contributed by atoms with Crippen molar-refractivity contribution in [1.82, 2.24) is 9.97 Å². The van der Waals surface area contributed by atoms with Gasteiger partial charge in [-0.3, -0.25) is 14.8 Å². The van der Waals surface area contributed by atoms with Crippen molar-refractivity contribution in [2.24, 2.45) is 11.1 Å². The Balaban J connectivity index is 2.79. The lowest BCUT2D eigenvalue weighted by molar-refractivity contribution is -0.125. The maximum absolute atomic E-state index is 11.1. The van der Waals surface area contributed by atoms with Crippen molar-refractivity contribution in [2.45, 2.75) is 26.4 Å². The lowest BCUT2D eigenvalue weighted by Gasteiger charge is -2.19. The van der Waals surface area contributed by atoms with E-state index < -0.39 is 24.0 Å². The summed E-state index contributed by atoms with van der Waals surface area (Å²) < 4.78 is 0. The minimum Gasteiger partial charge on any atom is -0.393 e. The molecule has 0 aliphatic rings. The summed E-state index contributed by atoms with van der Waals surface area (Å²) in [5.74, 6) is -0.404. The first-order valence-electron chi connectivity index (χ1n) is 5.26. The summed E-state index contributed by atoms with van der Waals surface area (Å²) in [6, 6.07) is 0. The van der Waals surface area contributed by atoms with Crippen molar-refractivity contribution < 1.29 is 15.0 Å². The standard InChI is InChI=1S/C11H17N3O3/c1-11(2,10(12)17)3-7-4-14-8(5-13-7)9(16)6-15/h4-5,9,15-16H,3,6H2,1-2H3,(H2,12,17). The van der Waals surface area contributed by atoms with Gasteiger partial charge >= 0.3 is 0 Å². The van der Waals surface area contributed by atoms with Crippen LogP contribution in [-0.2, 0) is 11.2 Å². The van der Waals surface area contributed by atoms with Crippen LogP contribution in [-0.4, -0.2) is 32.7 Å². The summed E-state index contributed by atoms with van der Waals surface area (Å²) in [4.78, 5) is 19.2. The number of nitrogens with two attached hydrogens (primary N) is 1. The van der Waals surface area contributed by atoms with E-state index in [2.05, 4.69) is 9.97 Å². The third-order valence-electron chi connectivity index (χ3n) is 2.53. The van der Waals surface area contributed by atoms with Crippen LogP contribution in [0, 0.1) is 5.41 Å². The van der Waals surface area contributed by atoms with Crippen LogP contribution in [0.1, 0.15) is 31.3 Å². The number of amides is 1. The molecule has 94 valence electrons. The van der Waals surface area contributed by atoms with Crippen LogP contribution in [0.4, 0.5) is 0 Å². The molecule has 0 saturated heterocycles. The van der Waals surface area contributed by atoms with E-state index in [9.17, 15) is 9.90 Å². The van der Waals surface area contributed by atoms with Gasteiger partial charge in [0.25, 0.3) is 0 Å². The van der Waals surface area contributed by atoms with Gasteiger partial charge in [0.05, 0.1) is 24.2 Å². The van der Waals surface area contributed by atoms with Crippen LogP contribution < -0.4 is 5.73 Å². The molecule has 0 aromatic carbocycles. The van der Waals surface area contributed by atoms with Crippen LogP contribution >= 0.6 is 0 Å². The Morgan fingerprint density at radius 1 is 1.47 bits per heavy atom. The van der Waals surface area contributed by atoms with Gasteiger partial charge in [-0.15, -0.1) is 0 Å². The average molecular weight is 239 g/mol. The average Bonchev–Trinajstić information content (AvgIpc) is 2.28. The summed E-state index contributed by atoms with van der Waals surface area (Å²) in [7, 11) is 0. The molecule has 0 aliphatic carbocycles. The Labute approximate surface area is 99.5 Å². The Kier molecular flexibility index (Phi) is 4.14. The summed E-state index contributed by atoms with van der Waals surface area (Å²) in [5, 5.41) is 18.1. The molecule has 0 fully saturated rings. The molecule has 1 unspecified atom stereocenters. The van der Waals surface area contributed by atoms with Gasteiger partial charge < -0.3 is 15.9 Å². The van der Waals surface area contributed by atoms with E-state index >= 15 is 0 Å². The Bertz CT molecular complexity index is 389. The van der Waals surface area contributed by atoms with E-state index in [1.54, 1.807) is 13.8 Å². The van der Waals surface area contributed by atoms with Crippen molar-refractivity contribution in [3.05, 3.63) is 23.8 Å². The van der Waals surface area contributed by atoms with Crippen molar-refractivity contribution in [3.8, 4) is 0 Å². The third-order valence-corrected chi connectivity index (χ3v) is 2.53. The second-order valence-electron chi connectivity index (χ2n) is 4.56. The van der Waals surface area contributed by atoms with Gasteiger partial charge in [-0.1, -0.05) is 13.8 Å². The molecule has 6 heteroatoms. The molecule has 1 rings (SSSR count). The molecule has 0 aliphatic heterocycles. The molecule has 0 saturated carbocycles. The number of rotatable bonds is 5. The number of aliphatic hydroxyl groups excluding tert-OH is 2. The van der Waals surface area contributed by atoms with Crippen LogP contribution in [0.15, 0.2) is 12.4 Å². The summed E-state index contributed by atoms with van der Waals surface area (Å²) >= 11 is 0. The van der Waals surface area contributed by atoms with Gasteiger partial charge in [0.1, 0.15) is 6.10 Å². The number of aliphatic hydroxyl groups is 2. The third kappa shape index (κ3) is 3.47. The predicted molar refractivity (Wildman–Crippen MR) is 60.8 cm³/mol. The SMILES string of the molecule is CC(C)(Cc1cnc(C(O)CO)cn1)C(N)=O. The maximum Gasteiger partial charge on any atom is 0.223 e. The number of nitrogens with zero attached hydrogens (tertiary/aromatic N) is 2. The topological polar surface area (TPSA) is 109 Å². The Hall–Kier alpha value is -1.53. The lowest BCUT2D eigenvalue weighted by Crippen LogP contribution is -2.33. The molecule has 1 atom stereocenters. The quantitative estimate of drug-likeness (QED) is 0.645. The van der Waals surface area contributed by atoms with Gasteiger partial charge in [-0.25, -0.2) is 0 Å². The smallest absolute Gasteiger partial charge is 0.223 e. The molecule has 0 spiro atoms. The Morgan fingerprint density at radius 2 is 2.12 bits per heavy atom. The first kappa shape index (κ1) is 13.5. The number of primary amides is 1. The van der Waals surface area contributed by atoms with Crippen LogP contribution in [0.3, 0.4) is 0 Å². The van der Waals surface area contributed by atoms with Gasteiger partial charge in [0.15, 0.2) is 0 Å². The molecule has 0 radical (unpaired) electrons. The molecule has 1 amide bonds. The molecule has 1 aromatic rings. The molecule has 6 nitrogen and oxygen atoms in total. The molecule has 4 N–H and O–H groups in total. The Morgan fingerprint density at radius 3 is 2.53 bits per heavy atom. The van der Waals surface area contributed by atoms with Crippen LogP contribution in [0.25, 0.3) is 0 Å². The molecule has 17 heavy (non-hydrogen) atoms. The highest BCUT2D eigenvalue weighted by molar-refractivity contribution is 5.80. The van der Waals surface area contributed by atoms with E-state index in [-0.39, 0.29) is 0 Å². The van der Waals surface area contributed by atoms with Gasteiger partial charge in [0, 0.05) is 18.0 Å². The maximum atomic E-state index is 11.1. The summed E-state index contributed by atoms with van der Waals surface area (Å²) in [5.41, 5.74) is 5.48. The zero-order chi connectivity index (χ0) is 13.1. The number of carbonyl (C=O) groups is 1. The number of aromatic nitrogens is 2.